The standard InChI is InChI=1S/C32H40ClF3N2O6/c1-29(2,3)44-28(42)31(6)15-14-22(30(31,4)5)26(40)38-24(27(41)43-7)16-18-8-11-20(12-9-18)37-25(39)21-17-19(32(34,35)36)10-13-23(21)33/h8-13,17,22,24,26,38,40H,14-16H2,1-7H3,(H,37,39)/t22-,24+,26?,31+/m1/s1. The van der Waals surface area contributed by atoms with Crippen LogP contribution in [-0.4, -0.2) is 47.9 Å². The maximum atomic E-state index is 13.2. The normalized spacial score (nSPS) is 21.3. The van der Waals surface area contributed by atoms with Crippen LogP contribution in [0.4, 0.5) is 18.9 Å². The van der Waals surface area contributed by atoms with Crippen molar-refractivity contribution < 1.29 is 42.1 Å². The minimum absolute atomic E-state index is 0.119. The first kappa shape index (κ1) is 35.3. The first-order valence-corrected chi connectivity index (χ1v) is 14.6. The van der Waals surface area contributed by atoms with Gasteiger partial charge in [-0.05, 0) is 88.3 Å². The molecule has 2 aromatic carbocycles. The predicted octanol–water partition coefficient (Wildman–Crippen LogP) is 6.39. The van der Waals surface area contributed by atoms with Crippen LogP contribution in [0.5, 0.6) is 0 Å². The van der Waals surface area contributed by atoms with Crippen molar-refractivity contribution in [3.8, 4) is 0 Å². The molecule has 1 aliphatic rings. The van der Waals surface area contributed by atoms with Crippen molar-refractivity contribution in [2.75, 3.05) is 12.4 Å². The Morgan fingerprint density at radius 2 is 1.68 bits per heavy atom. The molecule has 1 unspecified atom stereocenters. The lowest BCUT2D eigenvalue weighted by molar-refractivity contribution is -0.175. The largest absolute Gasteiger partial charge is 0.468 e. The van der Waals surface area contributed by atoms with Crippen molar-refractivity contribution in [2.24, 2.45) is 16.7 Å². The zero-order valence-corrected chi connectivity index (χ0v) is 26.7. The van der Waals surface area contributed by atoms with Crippen molar-refractivity contribution in [3.63, 3.8) is 0 Å². The monoisotopic (exact) mass is 640 g/mol. The summed E-state index contributed by atoms with van der Waals surface area (Å²) >= 11 is 5.97. The zero-order chi connectivity index (χ0) is 33.3. The second kappa shape index (κ2) is 13.1. The third kappa shape index (κ3) is 7.92. The molecule has 2 aromatic rings. The van der Waals surface area contributed by atoms with Gasteiger partial charge in [0.15, 0.2) is 0 Å². The number of anilines is 1. The van der Waals surface area contributed by atoms with Gasteiger partial charge in [0.1, 0.15) is 17.9 Å². The number of carbonyl (C=O) groups is 3. The summed E-state index contributed by atoms with van der Waals surface area (Å²) in [5.41, 5.74) is -2.57. The van der Waals surface area contributed by atoms with Gasteiger partial charge in [-0.1, -0.05) is 37.6 Å². The minimum atomic E-state index is -4.63. The summed E-state index contributed by atoms with van der Waals surface area (Å²) < 4.78 is 50.0. The van der Waals surface area contributed by atoms with Gasteiger partial charge in [0.25, 0.3) is 5.91 Å². The summed E-state index contributed by atoms with van der Waals surface area (Å²) in [4.78, 5) is 38.5. The minimum Gasteiger partial charge on any atom is -0.468 e. The quantitative estimate of drug-likeness (QED) is 0.215. The van der Waals surface area contributed by atoms with E-state index in [0.29, 0.717) is 30.2 Å². The first-order chi connectivity index (χ1) is 20.2. The summed E-state index contributed by atoms with van der Waals surface area (Å²) in [6.45, 7) is 11.1. The summed E-state index contributed by atoms with van der Waals surface area (Å²) in [6, 6.07) is 7.89. The van der Waals surface area contributed by atoms with Gasteiger partial charge >= 0.3 is 18.1 Å². The third-order valence-corrected chi connectivity index (χ3v) is 8.91. The summed E-state index contributed by atoms with van der Waals surface area (Å²) in [5.74, 6) is -2.14. The van der Waals surface area contributed by atoms with Crippen molar-refractivity contribution in [2.45, 2.75) is 84.9 Å². The van der Waals surface area contributed by atoms with Crippen molar-refractivity contribution >= 4 is 35.1 Å². The van der Waals surface area contributed by atoms with Crippen LogP contribution in [0.25, 0.3) is 0 Å². The highest BCUT2D eigenvalue weighted by molar-refractivity contribution is 6.34. The van der Waals surface area contributed by atoms with Crippen molar-refractivity contribution in [3.05, 3.63) is 64.2 Å². The molecule has 0 spiro atoms. The molecule has 0 heterocycles. The summed E-state index contributed by atoms with van der Waals surface area (Å²) in [5, 5.41) is 16.6. The second-order valence-corrected chi connectivity index (χ2v) is 13.3. The Morgan fingerprint density at radius 3 is 2.23 bits per heavy atom. The number of ether oxygens (including phenoxy) is 2. The number of halogens is 4. The van der Waals surface area contributed by atoms with Crippen LogP contribution in [0, 0.1) is 16.7 Å². The Bertz CT molecular complexity index is 1370. The smallest absolute Gasteiger partial charge is 0.416 e. The number of aliphatic hydroxyl groups excluding tert-OH is 1. The molecule has 0 radical (unpaired) electrons. The highest BCUT2D eigenvalue weighted by Crippen LogP contribution is 2.57. The molecule has 0 aliphatic heterocycles. The molecule has 44 heavy (non-hydrogen) atoms. The fraction of sp³-hybridized carbons (Fsp3) is 0.531. The van der Waals surface area contributed by atoms with Gasteiger partial charge in [-0.15, -0.1) is 0 Å². The molecule has 242 valence electrons. The molecule has 1 amide bonds. The lowest BCUT2D eigenvalue weighted by atomic mass is 9.65. The number of rotatable bonds is 9. The SMILES string of the molecule is COC(=O)[C@H](Cc1ccc(NC(=O)c2cc(C(F)(F)F)ccc2Cl)cc1)NC(O)[C@H]1CC[C@@](C)(C(=O)OC(C)(C)C)C1(C)C. The zero-order valence-electron chi connectivity index (χ0n) is 25.9. The van der Waals surface area contributed by atoms with E-state index in [1.807, 2.05) is 20.8 Å². The number of methoxy groups -OCH3 is 1. The van der Waals surface area contributed by atoms with E-state index in [1.165, 1.54) is 19.2 Å². The topological polar surface area (TPSA) is 114 Å². The van der Waals surface area contributed by atoms with Gasteiger partial charge in [0, 0.05) is 11.6 Å². The number of esters is 2. The number of hydrogen-bond acceptors (Lipinski definition) is 7. The number of benzene rings is 2. The molecule has 3 rings (SSSR count). The van der Waals surface area contributed by atoms with Crippen LogP contribution in [0.3, 0.4) is 0 Å². The Labute approximate surface area is 260 Å². The lowest BCUT2D eigenvalue weighted by Crippen LogP contribution is -2.53. The average molecular weight is 641 g/mol. The molecule has 0 saturated heterocycles. The fourth-order valence-corrected chi connectivity index (χ4v) is 5.76. The molecular formula is C32H40ClF3N2O6. The molecular weight excluding hydrogens is 601 g/mol. The number of hydrogen-bond donors (Lipinski definition) is 3. The van der Waals surface area contributed by atoms with Gasteiger partial charge in [-0.2, -0.15) is 13.2 Å². The van der Waals surface area contributed by atoms with Gasteiger partial charge in [-0.3, -0.25) is 19.7 Å². The summed E-state index contributed by atoms with van der Waals surface area (Å²) in [6.07, 6.45) is -4.64. The van der Waals surface area contributed by atoms with Crippen LogP contribution in [0.2, 0.25) is 5.02 Å². The Kier molecular flexibility index (Phi) is 10.5. The van der Waals surface area contributed by atoms with Crippen LogP contribution in [0.15, 0.2) is 42.5 Å². The van der Waals surface area contributed by atoms with Crippen molar-refractivity contribution in [1.29, 1.82) is 0 Å². The maximum absolute atomic E-state index is 13.2. The van der Waals surface area contributed by atoms with E-state index in [2.05, 4.69) is 10.6 Å². The molecule has 1 fully saturated rings. The van der Waals surface area contributed by atoms with Crippen LogP contribution >= 0.6 is 11.6 Å². The third-order valence-electron chi connectivity index (χ3n) is 8.58. The van der Waals surface area contributed by atoms with Crippen molar-refractivity contribution in [1.82, 2.24) is 5.32 Å². The maximum Gasteiger partial charge on any atom is 0.416 e. The molecule has 1 aliphatic carbocycles. The highest BCUT2D eigenvalue weighted by Gasteiger charge is 2.59. The Hall–Kier alpha value is -3.15. The van der Waals surface area contributed by atoms with Crippen LogP contribution in [0.1, 0.15) is 75.9 Å². The van der Waals surface area contributed by atoms with E-state index >= 15 is 0 Å². The number of aliphatic hydroxyl groups is 1. The molecule has 1 saturated carbocycles. The van der Waals surface area contributed by atoms with E-state index in [4.69, 9.17) is 21.1 Å². The summed E-state index contributed by atoms with van der Waals surface area (Å²) in [7, 11) is 1.24. The Balaban J connectivity index is 1.71. The molecule has 0 bridgehead atoms. The van der Waals surface area contributed by atoms with E-state index in [-0.39, 0.29) is 28.9 Å². The highest BCUT2D eigenvalue weighted by atomic mass is 35.5. The molecule has 8 nitrogen and oxygen atoms in total. The number of amides is 1. The van der Waals surface area contributed by atoms with Gasteiger partial charge < -0.3 is 19.9 Å². The lowest BCUT2D eigenvalue weighted by Gasteiger charge is -2.42. The van der Waals surface area contributed by atoms with E-state index < -0.39 is 52.3 Å². The molecule has 0 aromatic heterocycles. The van der Waals surface area contributed by atoms with Gasteiger partial charge in [0.05, 0.1) is 28.7 Å². The number of carbonyl (C=O) groups excluding carboxylic acids is 3. The molecule has 3 N–H and O–H groups in total. The second-order valence-electron chi connectivity index (χ2n) is 12.9. The van der Waals surface area contributed by atoms with Crippen LogP contribution < -0.4 is 10.6 Å². The van der Waals surface area contributed by atoms with E-state index in [1.54, 1.807) is 32.9 Å². The fourth-order valence-electron chi connectivity index (χ4n) is 5.55. The van der Waals surface area contributed by atoms with E-state index in [9.17, 15) is 32.7 Å². The van der Waals surface area contributed by atoms with E-state index in [0.717, 1.165) is 12.1 Å². The van der Waals surface area contributed by atoms with Gasteiger partial charge in [0.2, 0.25) is 0 Å². The van der Waals surface area contributed by atoms with Gasteiger partial charge in [-0.25, -0.2) is 0 Å². The predicted molar refractivity (Wildman–Crippen MR) is 160 cm³/mol. The molecule has 4 atom stereocenters. The average Bonchev–Trinajstić information content (AvgIpc) is 3.16. The van der Waals surface area contributed by atoms with Crippen LogP contribution in [-0.2, 0) is 31.7 Å². The number of alkyl halides is 3. The first-order valence-electron chi connectivity index (χ1n) is 14.2. The molecule has 12 heteroatoms. The number of nitrogens with one attached hydrogen (secondary N) is 2. The Morgan fingerprint density at radius 1 is 1.07 bits per heavy atom.